The van der Waals surface area contributed by atoms with Crippen molar-refractivity contribution in [1.29, 1.82) is 0 Å². The van der Waals surface area contributed by atoms with Crippen LogP contribution in [0.4, 0.5) is 5.69 Å². The molecular weight excluding hydrogens is 352 g/mol. The summed E-state index contributed by atoms with van der Waals surface area (Å²) in [6.07, 6.45) is 4.90. The van der Waals surface area contributed by atoms with Crippen molar-refractivity contribution >= 4 is 23.6 Å². The number of morpholine rings is 1. The van der Waals surface area contributed by atoms with E-state index in [4.69, 9.17) is 4.74 Å². The Balaban J connectivity index is 1.37. The van der Waals surface area contributed by atoms with Crippen LogP contribution in [0.5, 0.6) is 0 Å². The summed E-state index contributed by atoms with van der Waals surface area (Å²) in [6, 6.07) is 17.8. The van der Waals surface area contributed by atoms with E-state index in [0.717, 1.165) is 29.8 Å². The van der Waals surface area contributed by atoms with Gasteiger partial charge in [-0.1, -0.05) is 42.5 Å². The predicted molar refractivity (Wildman–Crippen MR) is 109 cm³/mol. The third-order valence-electron chi connectivity index (χ3n) is 5.25. The highest BCUT2D eigenvalue weighted by molar-refractivity contribution is 5.95. The van der Waals surface area contributed by atoms with Crippen molar-refractivity contribution in [2.45, 2.75) is 18.9 Å². The lowest BCUT2D eigenvalue weighted by molar-refractivity contribution is -0.133. The van der Waals surface area contributed by atoms with Crippen molar-refractivity contribution in [2.24, 2.45) is 0 Å². The van der Waals surface area contributed by atoms with Gasteiger partial charge in [0.2, 0.25) is 11.8 Å². The van der Waals surface area contributed by atoms with Gasteiger partial charge in [-0.25, -0.2) is 0 Å². The number of hydrogen-bond acceptors (Lipinski definition) is 3. The Morgan fingerprint density at radius 3 is 2.54 bits per heavy atom. The molecule has 2 saturated heterocycles. The molecule has 28 heavy (non-hydrogen) atoms. The van der Waals surface area contributed by atoms with Crippen LogP contribution in [0.2, 0.25) is 0 Å². The van der Waals surface area contributed by atoms with Gasteiger partial charge >= 0.3 is 0 Å². The van der Waals surface area contributed by atoms with Crippen molar-refractivity contribution in [3.63, 3.8) is 0 Å². The molecule has 0 saturated carbocycles. The number of ether oxygens (including phenoxy) is 1. The second-order valence-corrected chi connectivity index (χ2v) is 7.13. The third-order valence-corrected chi connectivity index (χ3v) is 5.25. The van der Waals surface area contributed by atoms with Crippen molar-refractivity contribution in [3.05, 3.63) is 71.8 Å². The fourth-order valence-electron chi connectivity index (χ4n) is 3.68. The maximum atomic E-state index is 12.6. The van der Waals surface area contributed by atoms with Crippen molar-refractivity contribution in [1.82, 2.24) is 4.90 Å². The van der Waals surface area contributed by atoms with E-state index in [-0.39, 0.29) is 17.9 Å². The normalized spacial score (nSPS) is 20.1. The lowest BCUT2D eigenvalue weighted by Gasteiger charge is -2.32. The third kappa shape index (κ3) is 4.15. The van der Waals surface area contributed by atoms with E-state index in [1.54, 1.807) is 6.08 Å². The summed E-state index contributed by atoms with van der Waals surface area (Å²) < 4.78 is 5.83. The van der Waals surface area contributed by atoms with Gasteiger partial charge < -0.3 is 14.5 Å². The minimum Gasteiger partial charge on any atom is -0.370 e. The molecule has 2 aromatic carbocycles. The quantitative estimate of drug-likeness (QED) is 0.768. The van der Waals surface area contributed by atoms with Crippen molar-refractivity contribution in [2.75, 3.05) is 31.1 Å². The Labute approximate surface area is 165 Å². The SMILES string of the molecule is O=C(/C=C/c1ccc(N2CCCC2=O)cc1)N1CCOC(c2ccccc2)C1. The lowest BCUT2D eigenvalue weighted by atomic mass is 10.1. The summed E-state index contributed by atoms with van der Waals surface area (Å²) >= 11 is 0. The number of carbonyl (C=O) groups is 2. The van der Waals surface area contributed by atoms with E-state index in [1.807, 2.05) is 70.5 Å². The number of anilines is 1. The van der Waals surface area contributed by atoms with E-state index in [0.29, 0.717) is 26.1 Å². The fourth-order valence-corrected chi connectivity index (χ4v) is 3.68. The zero-order chi connectivity index (χ0) is 19.3. The van der Waals surface area contributed by atoms with Crippen LogP contribution in [-0.2, 0) is 14.3 Å². The minimum absolute atomic E-state index is 0.0111. The first-order chi connectivity index (χ1) is 13.7. The number of benzene rings is 2. The zero-order valence-electron chi connectivity index (χ0n) is 15.8. The predicted octanol–water partition coefficient (Wildman–Crippen LogP) is 3.43. The monoisotopic (exact) mass is 376 g/mol. The molecule has 4 rings (SSSR count). The molecule has 0 radical (unpaired) electrons. The van der Waals surface area contributed by atoms with Gasteiger partial charge in [0.15, 0.2) is 0 Å². The molecule has 0 N–H and O–H groups in total. The molecule has 2 fully saturated rings. The second kappa shape index (κ2) is 8.40. The van der Waals surface area contributed by atoms with Crippen LogP contribution in [0.15, 0.2) is 60.7 Å². The standard InChI is InChI=1S/C23H24N2O3/c26-22(24-15-16-28-21(17-24)19-5-2-1-3-6-19)13-10-18-8-11-20(12-9-18)25-14-4-7-23(25)27/h1-3,5-6,8-13,21H,4,7,14-17H2/b13-10+. The van der Waals surface area contributed by atoms with Crippen LogP contribution in [0.25, 0.3) is 6.08 Å². The minimum atomic E-state index is -0.0791. The van der Waals surface area contributed by atoms with Gasteiger partial charge in [0, 0.05) is 31.3 Å². The summed E-state index contributed by atoms with van der Waals surface area (Å²) in [5, 5.41) is 0. The molecule has 2 heterocycles. The van der Waals surface area contributed by atoms with E-state index >= 15 is 0 Å². The van der Waals surface area contributed by atoms with Gasteiger partial charge in [0.25, 0.3) is 0 Å². The molecule has 0 aromatic heterocycles. The van der Waals surface area contributed by atoms with Gasteiger partial charge in [-0.3, -0.25) is 9.59 Å². The van der Waals surface area contributed by atoms with Crippen molar-refractivity contribution < 1.29 is 14.3 Å². The largest absolute Gasteiger partial charge is 0.370 e. The van der Waals surface area contributed by atoms with E-state index in [2.05, 4.69) is 0 Å². The fraction of sp³-hybridized carbons (Fsp3) is 0.304. The van der Waals surface area contributed by atoms with Gasteiger partial charge in [0.05, 0.1) is 13.2 Å². The molecule has 5 heteroatoms. The summed E-state index contributed by atoms with van der Waals surface area (Å²) in [5.74, 6) is 0.168. The van der Waals surface area contributed by atoms with Crippen LogP contribution in [0.3, 0.4) is 0 Å². The Bertz CT molecular complexity index is 861. The van der Waals surface area contributed by atoms with E-state index < -0.39 is 0 Å². The summed E-state index contributed by atoms with van der Waals surface area (Å²) in [6.45, 7) is 2.48. The van der Waals surface area contributed by atoms with Crippen LogP contribution in [-0.4, -0.2) is 43.0 Å². The Morgan fingerprint density at radius 2 is 1.82 bits per heavy atom. The lowest BCUT2D eigenvalue weighted by Crippen LogP contribution is -2.41. The molecule has 2 amide bonds. The molecule has 144 valence electrons. The molecule has 1 atom stereocenters. The van der Waals surface area contributed by atoms with Gasteiger partial charge in [-0.2, -0.15) is 0 Å². The van der Waals surface area contributed by atoms with E-state index in [9.17, 15) is 9.59 Å². The van der Waals surface area contributed by atoms with Crippen LogP contribution >= 0.6 is 0 Å². The maximum Gasteiger partial charge on any atom is 0.246 e. The van der Waals surface area contributed by atoms with Crippen molar-refractivity contribution in [3.8, 4) is 0 Å². The first-order valence-corrected chi connectivity index (χ1v) is 9.75. The molecule has 2 aromatic rings. The number of rotatable bonds is 4. The Morgan fingerprint density at radius 1 is 1.04 bits per heavy atom. The van der Waals surface area contributed by atoms with Gasteiger partial charge in [0.1, 0.15) is 6.10 Å². The average Bonchev–Trinajstić information content (AvgIpc) is 3.19. The number of nitrogens with zero attached hydrogens (tertiary/aromatic N) is 2. The summed E-state index contributed by atoms with van der Waals surface area (Å²) in [7, 11) is 0. The van der Waals surface area contributed by atoms with Crippen LogP contribution in [0.1, 0.15) is 30.1 Å². The van der Waals surface area contributed by atoms with Gasteiger partial charge in [-0.05, 0) is 35.8 Å². The Kier molecular flexibility index (Phi) is 5.53. The summed E-state index contributed by atoms with van der Waals surface area (Å²) in [5.41, 5.74) is 2.96. The second-order valence-electron chi connectivity index (χ2n) is 7.13. The molecule has 5 nitrogen and oxygen atoms in total. The highest BCUT2D eigenvalue weighted by Gasteiger charge is 2.24. The molecule has 1 unspecified atom stereocenters. The number of carbonyl (C=O) groups excluding carboxylic acids is 2. The first kappa shape index (κ1) is 18.4. The molecule has 0 spiro atoms. The molecular formula is C23H24N2O3. The highest BCUT2D eigenvalue weighted by Crippen LogP contribution is 2.23. The maximum absolute atomic E-state index is 12.6. The molecule has 2 aliphatic rings. The summed E-state index contributed by atoms with van der Waals surface area (Å²) in [4.78, 5) is 28.1. The molecule has 0 bridgehead atoms. The first-order valence-electron chi connectivity index (χ1n) is 9.75. The smallest absolute Gasteiger partial charge is 0.246 e. The van der Waals surface area contributed by atoms with Crippen LogP contribution in [0, 0.1) is 0 Å². The topological polar surface area (TPSA) is 49.9 Å². The number of hydrogen-bond donors (Lipinski definition) is 0. The van der Waals surface area contributed by atoms with E-state index in [1.165, 1.54) is 0 Å². The molecule has 2 aliphatic heterocycles. The zero-order valence-corrected chi connectivity index (χ0v) is 15.8. The van der Waals surface area contributed by atoms with Crippen LogP contribution < -0.4 is 4.90 Å². The number of amides is 2. The average molecular weight is 376 g/mol. The highest BCUT2D eigenvalue weighted by atomic mass is 16.5. The van der Waals surface area contributed by atoms with Gasteiger partial charge in [-0.15, -0.1) is 0 Å². The molecule has 0 aliphatic carbocycles. The Hall–Kier alpha value is -2.92.